The summed E-state index contributed by atoms with van der Waals surface area (Å²) < 4.78 is 27.6. The Morgan fingerprint density at radius 2 is 1.29 bits per heavy atom. The Kier molecular flexibility index (Phi) is 8.50. The van der Waals surface area contributed by atoms with Gasteiger partial charge in [-0.25, -0.2) is 12.7 Å². The zero-order valence-electron chi connectivity index (χ0n) is 19.3. The van der Waals surface area contributed by atoms with Gasteiger partial charge in [0.15, 0.2) is 0 Å². The predicted molar refractivity (Wildman–Crippen MR) is 141 cm³/mol. The molecule has 3 aromatic carbocycles. The molecule has 1 aliphatic heterocycles. The van der Waals surface area contributed by atoms with E-state index in [4.69, 9.17) is 23.2 Å². The third-order valence-corrected chi connectivity index (χ3v) is 8.84. The number of hydrogen-bond acceptors (Lipinski definition) is 3. The first-order valence-corrected chi connectivity index (χ1v) is 14.0. The maximum atomic E-state index is 13.6. The van der Waals surface area contributed by atoms with E-state index in [1.807, 2.05) is 65.6 Å². The number of benzene rings is 3. The SMILES string of the molecule is O=C(C1CCN(S(=O)(=O)Cc2c(Cl)cccc2Cl)CC1)N(Cc1ccccc1)Cc1ccccc1. The summed E-state index contributed by atoms with van der Waals surface area (Å²) in [7, 11) is -3.61. The summed E-state index contributed by atoms with van der Waals surface area (Å²) in [5.74, 6) is -0.417. The summed E-state index contributed by atoms with van der Waals surface area (Å²) in [5, 5.41) is 0.673. The largest absolute Gasteiger partial charge is 0.334 e. The Balaban J connectivity index is 1.43. The lowest BCUT2D eigenvalue weighted by Crippen LogP contribution is -2.44. The number of piperidine rings is 1. The number of hydrogen-bond donors (Lipinski definition) is 0. The van der Waals surface area contributed by atoms with E-state index in [0.717, 1.165) is 11.1 Å². The minimum absolute atomic E-state index is 0.0592. The van der Waals surface area contributed by atoms with E-state index < -0.39 is 10.0 Å². The van der Waals surface area contributed by atoms with Gasteiger partial charge in [0.25, 0.3) is 0 Å². The smallest absolute Gasteiger partial charge is 0.226 e. The van der Waals surface area contributed by atoms with Crippen LogP contribution < -0.4 is 0 Å². The maximum Gasteiger partial charge on any atom is 0.226 e. The molecule has 0 radical (unpaired) electrons. The predicted octanol–water partition coefficient (Wildman–Crippen LogP) is 5.76. The van der Waals surface area contributed by atoms with Crippen molar-refractivity contribution in [2.24, 2.45) is 5.92 Å². The van der Waals surface area contributed by atoms with Crippen LogP contribution in [0.2, 0.25) is 10.0 Å². The lowest BCUT2D eigenvalue weighted by Gasteiger charge is -2.34. The van der Waals surface area contributed by atoms with Gasteiger partial charge in [0.1, 0.15) is 0 Å². The highest BCUT2D eigenvalue weighted by atomic mass is 35.5. The van der Waals surface area contributed by atoms with Gasteiger partial charge >= 0.3 is 0 Å². The lowest BCUT2D eigenvalue weighted by atomic mass is 9.96. The minimum Gasteiger partial charge on any atom is -0.334 e. The molecule has 0 aliphatic carbocycles. The van der Waals surface area contributed by atoms with Crippen LogP contribution in [0.15, 0.2) is 78.9 Å². The Morgan fingerprint density at radius 3 is 1.77 bits per heavy atom. The highest BCUT2D eigenvalue weighted by molar-refractivity contribution is 7.88. The summed E-state index contributed by atoms with van der Waals surface area (Å²) in [6.07, 6.45) is 0.961. The van der Waals surface area contributed by atoms with Gasteiger partial charge in [0.2, 0.25) is 15.9 Å². The standard InChI is InChI=1S/C27H28Cl2N2O3S/c28-25-12-7-13-26(29)24(25)20-35(33,34)31-16-14-23(15-17-31)27(32)30(18-21-8-3-1-4-9-21)19-22-10-5-2-6-11-22/h1-13,23H,14-20H2. The molecule has 0 atom stereocenters. The zero-order chi connectivity index (χ0) is 24.8. The van der Waals surface area contributed by atoms with Crippen molar-refractivity contribution in [2.75, 3.05) is 13.1 Å². The van der Waals surface area contributed by atoms with E-state index in [2.05, 4.69) is 0 Å². The molecule has 0 aromatic heterocycles. The Bertz CT molecular complexity index is 1180. The van der Waals surface area contributed by atoms with Crippen LogP contribution >= 0.6 is 23.2 Å². The number of rotatable bonds is 8. The van der Waals surface area contributed by atoms with E-state index in [0.29, 0.717) is 54.6 Å². The van der Waals surface area contributed by atoms with Crippen molar-refractivity contribution in [2.45, 2.75) is 31.7 Å². The van der Waals surface area contributed by atoms with Gasteiger partial charge in [-0.15, -0.1) is 0 Å². The zero-order valence-corrected chi connectivity index (χ0v) is 21.6. The Labute approximate surface area is 217 Å². The fourth-order valence-electron chi connectivity index (χ4n) is 4.40. The third-order valence-electron chi connectivity index (χ3n) is 6.33. The molecule has 1 fully saturated rings. The van der Waals surface area contributed by atoms with Gasteiger partial charge in [-0.2, -0.15) is 0 Å². The molecule has 4 rings (SSSR count). The number of amides is 1. The lowest BCUT2D eigenvalue weighted by molar-refractivity contribution is -0.138. The molecular weight excluding hydrogens is 503 g/mol. The van der Waals surface area contributed by atoms with Crippen LogP contribution in [-0.2, 0) is 33.7 Å². The van der Waals surface area contributed by atoms with Gasteiger partial charge in [-0.3, -0.25) is 4.79 Å². The van der Waals surface area contributed by atoms with Crippen LogP contribution in [0.3, 0.4) is 0 Å². The molecule has 3 aromatic rings. The first-order chi connectivity index (χ1) is 16.8. The van der Waals surface area contributed by atoms with Crippen LogP contribution in [0.5, 0.6) is 0 Å². The molecule has 0 N–H and O–H groups in total. The first-order valence-electron chi connectivity index (χ1n) is 11.6. The summed E-state index contributed by atoms with van der Waals surface area (Å²) in [6.45, 7) is 1.62. The van der Waals surface area contributed by atoms with Gasteiger partial charge in [-0.1, -0.05) is 89.9 Å². The van der Waals surface area contributed by atoms with Gasteiger partial charge in [0.05, 0.1) is 5.75 Å². The second-order valence-electron chi connectivity index (χ2n) is 8.80. The van der Waals surface area contributed by atoms with Gasteiger partial charge < -0.3 is 4.90 Å². The average molecular weight is 532 g/mol. The summed E-state index contributed by atoms with van der Waals surface area (Å²) in [4.78, 5) is 15.4. The number of sulfonamides is 1. The van der Waals surface area contributed by atoms with Crippen LogP contribution in [0.25, 0.3) is 0 Å². The van der Waals surface area contributed by atoms with Gasteiger partial charge in [0, 0.05) is 47.7 Å². The molecule has 0 bridgehead atoms. The topological polar surface area (TPSA) is 57.7 Å². The van der Waals surface area contributed by atoms with E-state index in [1.54, 1.807) is 18.2 Å². The van der Waals surface area contributed by atoms with Crippen molar-refractivity contribution in [1.29, 1.82) is 0 Å². The molecule has 1 amide bonds. The maximum absolute atomic E-state index is 13.6. The van der Waals surface area contributed by atoms with E-state index >= 15 is 0 Å². The molecular formula is C27H28Cl2N2O3S. The quantitative estimate of drug-likeness (QED) is 0.371. The Hall–Kier alpha value is -2.38. The second-order valence-corrected chi connectivity index (χ2v) is 11.6. The summed E-state index contributed by atoms with van der Waals surface area (Å²) in [5.41, 5.74) is 2.53. The number of nitrogens with zero attached hydrogens (tertiary/aromatic N) is 2. The first kappa shape index (κ1) is 25.7. The molecule has 35 heavy (non-hydrogen) atoms. The van der Waals surface area contributed by atoms with Crippen LogP contribution in [-0.4, -0.2) is 36.6 Å². The molecule has 1 aliphatic rings. The van der Waals surface area contributed by atoms with Crippen LogP contribution in [0.1, 0.15) is 29.5 Å². The third kappa shape index (κ3) is 6.64. The van der Waals surface area contributed by atoms with Crippen molar-refractivity contribution in [3.05, 3.63) is 106 Å². The number of carbonyl (C=O) groups is 1. The fourth-order valence-corrected chi connectivity index (χ4v) is 6.72. The second kappa shape index (κ2) is 11.6. The van der Waals surface area contributed by atoms with Gasteiger partial charge in [-0.05, 0) is 36.1 Å². The van der Waals surface area contributed by atoms with Crippen molar-refractivity contribution >= 4 is 39.1 Å². The summed E-state index contributed by atoms with van der Waals surface area (Å²) >= 11 is 12.4. The number of carbonyl (C=O) groups excluding carboxylic acids is 1. The van der Waals surface area contributed by atoms with Crippen LogP contribution in [0, 0.1) is 5.92 Å². The number of halogens is 2. The molecule has 1 saturated heterocycles. The highest BCUT2D eigenvalue weighted by Crippen LogP contribution is 2.29. The van der Waals surface area contributed by atoms with Crippen molar-refractivity contribution in [3.63, 3.8) is 0 Å². The molecule has 1 heterocycles. The van der Waals surface area contributed by atoms with E-state index in [-0.39, 0.29) is 17.6 Å². The van der Waals surface area contributed by atoms with Crippen molar-refractivity contribution in [1.82, 2.24) is 9.21 Å². The Morgan fingerprint density at radius 1 is 0.800 bits per heavy atom. The molecule has 0 unspecified atom stereocenters. The molecule has 184 valence electrons. The van der Waals surface area contributed by atoms with Crippen LogP contribution in [0.4, 0.5) is 0 Å². The van der Waals surface area contributed by atoms with Crippen molar-refractivity contribution < 1.29 is 13.2 Å². The minimum atomic E-state index is -3.61. The molecule has 0 spiro atoms. The normalized spacial score (nSPS) is 15.1. The molecule has 5 nitrogen and oxygen atoms in total. The van der Waals surface area contributed by atoms with E-state index in [1.165, 1.54) is 4.31 Å². The summed E-state index contributed by atoms with van der Waals surface area (Å²) in [6, 6.07) is 24.8. The molecule has 0 saturated carbocycles. The van der Waals surface area contributed by atoms with E-state index in [9.17, 15) is 13.2 Å². The highest BCUT2D eigenvalue weighted by Gasteiger charge is 2.33. The molecule has 8 heteroatoms. The fraction of sp³-hybridized carbons (Fsp3) is 0.296. The average Bonchev–Trinajstić information content (AvgIpc) is 2.87. The monoisotopic (exact) mass is 530 g/mol. The van der Waals surface area contributed by atoms with Crippen molar-refractivity contribution in [3.8, 4) is 0 Å².